The molecule has 0 unspecified atom stereocenters. The number of hydrogen-bond donors (Lipinski definition) is 1. The van der Waals surface area contributed by atoms with Crippen molar-refractivity contribution >= 4 is 28.7 Å². The molecule has 3 aromatic heterocycles. The van der Waals surface area contributed by atoms with Crippen molar-refractivity contribution in [1.82, 2.24) is 19.2 Å². The largest absolute Gasteiger partial charge is 0.487 e. The average molecular weight is 409 g/mol. The number of carbonyl (C=O) groups is 1. The van der Waals surface area contributed by atoms with Gasteiger partial charge in [-0.3, -0.25) is 14.3 Å². The number of nitrogens with one attached hydrogen (secondary N) is 1. The van der Waals surface area contributed by atoms with Gasteiger partial charge < -0.3 is 10.1 Å². The maximum absolute atomic E-state index is 12.4. The summed E-state index contributed by atoms with van der Waals surface area (Å²) < 4.78 is 8.90. The molecule has 1 N–H and O–H groups in total. The molecule has 0 saturated heterocycles. The lowest BCUT2D eigenvalue weighted by molar-refractivity contribution is 0.103. The summed E-state index contributed by atoms with van der Waals surface area (Å²) in [7, 11) is 0. The minimum Gasteiger partial charge on any atom is -0.487 e. The van der Waals surface area contributed by atoms with Crippen LogP contribution in [0.2, 0.25) is 0 Å². The first-order valence-electron chi connectivity index (χ1n) is 9.05. The summed E-state index contributed by atoms with van der Waals surface area (Å²) in [5, 5.41) is 4.69. The van der Waals surface area contributed by atoms with Crippen LogP contribution < -0.4 is 15.6 Å². The molecular weight excluding hydrogens is 390 g/mol. The minimum absolute atomic E-state index is 0.0976. The normalized spacial score (nSPS) is 11.1. The summed E-state index contributed by atoms with van der Waals surface area (Å²) in [6.07, 6.45) is 1.60. The summed E-state index contributed by atoms with van der Waals surface area (Å²) in [5.74, 6) is 0.803. The number of aromatic nitrogens is 4. The molecule has 9 heteroatoms. The number of rotatable bonds is 6. The molecule has 0 spiro atoms. The molecule has 0 aliphatic heterocycles. The molecular formula is C20H19N5O3S. The maximum atomic E-state index is 12.4. The van der Waals surface area contributed by atoms with E-state index >= 15 is 0 Å². The molecule has 4 aromatic rings. The van der Waals surface area contributed by atoms with Crippen molar-refractivity contribution in [2.75, 3.05) is 5.32 Å². The molecule has 8 nitrogen and oxygen atoms in total. The van der Waals surface area contributed by atoms with Gasteiger partial charge in [0.2, 0.25) is 0 Å². The van der Waals surface area contributed by atoms with E-state index in [4.69, 9.17) is 4.74 Å². The van der Waals surface area contributed by atoms with Gasteiger partial charge in [0.05, 0.1) is 10.6 Å². The highest BCUT2D eigenvalue weighted by Crippen LogP contribution is 2.18. The summed E-state index contributed by atoms with van der Waals surface area (Å²) >= 11 is 1.39. The molecule has 3 heterocycles. The Hall–Kier alpha value is -3.46. The summed E-state index contributed by atoms with van der Waals surface area (Å²) in [6.45, 7) is 4.08. The van der Waals surface area contributed by atoms with E-state index in [0.29, 0.717) is 27.8 Å². The van der Waals surface area contributed by atoms with Gasteiger partial charge in [-0.05, 0) is 49.6 Å². The molecule has 148 valence electrons. The first-order chi connectivity index (χ1) is 14.0. The van der Waals surface area contributed by atoms with Crippen molar-refractivity contribution in [2.45, 2.75) is 26.5 Å². The monoisotopic (exact) mass is 409 g/mol. The number of nitrogens with zero attached hydrogens (tertiary/aromatic N) is 4. The zero-order valence-corrected chi connectivity index (χ0v) is 16.7. The van der Waals surface area contributed by atoms with Crippen LogP contribution in [0, 0.1) is 0 Å². The van der Waals surface area contributed by atoms with Crippen molar-refractivity contribution in [2.24, 2.45) is 0 Å². The number of thiophene rings is 1. The Bertz CT molecular complexity index is 1190. The molecule has 1 aromatic carbocycles. The van der Waals surface area contributed by atoms with Crippen molar-refractivity contribution in [3.63, 3.8) is 0 Å². The van der Waals surface area contributed by atoms with Crippen molar-refractivity contribution in [3.8, 4) is 5.75 Å². The quantitative estimate of drug-likeness (QED) is 0.527. The molecule has 0 aliphatic rings. The third-order valence-electron chi connectivity index (χ3n) is 4.23. The van der Waals surface area contributed by atoms with E-state index in [0.717, 1.165) is 0 Å². The second-order valence-corrected chi connectivity index (χ2v) is 7.61. The lowest BCUT2D eigenvalue weighted by Crippen LogP contribution is -2.23. The fourth-order valence-electron chi connectivity index (χ4n) is 2.80. The Kier molecular flexibility index (Phi) is 5.13. The van der Waals surface area contributed by atoms with Crippen LogP contribution in [0.5, 0.6) is 5.75 Å². The summed E-state index contributed by atoms with van der Waals surface area (Å²) in [6, 6.07) is 12.2. The second kappa shape index (κ2) is 7.88. The molecule has 4 rings (SSSR count). The predicted molar refractivity (Wildman–Crippen MR) is 111 cm³/mol. The van der Waals surface area contributed by atoms with Crippen LogP contribution in [0.25, 0.3) is 5.78 Å². The predicted octanol–water partition coefficient (Wildman–Crippen LogP) is 3.36. The smallest absolute Gasteiger partial charge is 0.274 e. The standard InChI is InChI=1S/C20H19N5O3S/c1-13(2)24-12-21-20-23-15(10-18(26)25(20)24)11-28-16-7-5-14(6-8-16)22-19(27)17-4-3-9-29-17/h3-10,12-13H,11H2,1-2H3,(H,22,27). The highest BCUT2D eigenvalue weighted by Gasteiger charge is 2.11. The van der Waals surface area contributed by atoms with Crippen LogP contribution in [0.15, 0.2) is 59.0 Å². The van der Waals surface area contributed by atoms with Gasteiger partial charge >= 0.3 is 0 Å². The molecule has 0 radical (unpaired) electrons. The molecule has 1 amide bonds. The van der Waals surface area contributed by atoms with Crippen molar-refractivity contribution < 1.29 is 9.53 Å². The Labute approximate surface area is 170 Å². The zero-order chi connectivity index (χ0) is 20.4. The Morgan fingerprint density at radius 2 is 2.03 bits per heavy atom. The van der Waals surface area contributed by atoms with E-state index < -0.39 is 0 Å². The van der Waals surface area contributed by atoms with E-state index in [2.05, 4.69) is 15.3 Å². The van der Waals surface area contributed by atoms with E-state index in [-0.39, 0.29) is 24.1 Å². The van der Waals surface area contributed by atoms with Crippen LogP contribution in [0.4, 0.5) is 5.69 Å². The van der Waals surface area contributed by atoms with Gasteiger partial charge in [0, 0.05) is 17.8 Å². The number of benzene rings is 1. The van der Waals surface area contributed by atoms with Crippen molar-refractivity contribution in [3.05, 3.63) is 75.1 Å². The number of ether oxygens (including phenoxy) is 1. The van der Waals surface area contributed by atoms with Crippen LogP contribution in [-0.4, -0.2) is 25.1 Å². The van der Waals surface area contributed by atoms with Crippen LogP contribution in [-0.2, 0) is 6.61 Å². The third kappa shape index (κ3) is 4.04. The number of hydrogen-bond acceptors (Lipinski definition) is 6. The van der Waals surface area contributed by atoms with Gasteiger partial charge in [-0.25, -0.2) is 4.98 Å². The molecule has 0 saturated carbocycles. The SMILES string of the molecule is CC(C)n1cnc2nc(COc3ccc(NC(=O)c4cccs4)cc3)cc(=O)n21. The van der Waals surface area contributed by atoms with Crippen LogP contribution in [0.3, 0.4) is 0 Å². The zero-order valence-electron chi connectivity index (χ0n) is 15.9. The number of anilines is 1. The highest BCUT2D eigenvalue weighted by molar-refractivity contribution is 7.12. The molecule has 29 heavy (non-hydrogen) atoms. The second-order valence-electron chi connectivity index (χ2n) is 6.66. The Morgan fingerprint density at radius 3 is 2.72 bits per heavy atom. The van der Waals surface area contributed by atoms with Crippen LogP contribution >= 0.6 is 11.3 Å². The lowest BCUT2D eigenvalue weighted by Gasteiger charge is -2.09. The first-order valence-corrected chi connectivity index (χ1v) is 9.93. The molecule has 0 bridgehead atoms. The van der Waals surface area contributed by atoms with Gasteiger partial charge in [0.1, 0.15) is 18.7 Å². The lowest BCUT2D eigenvalue weighted by atomic mass is 10.3. The fourth-order valence-corrected chi connectivity index (χ4v) is 3.42. The summed E-state index contributed by atoms with van der Waals surface area (Å²) in [5.41, 5.74) is 0.971. The van der Waals surface area contributed by atoms with Crippen LogP contribution in [0.1, 0.15) is 35.3 Å². The minimum atomic E-state index is -0.202. The van der Waals surface area contributed by atoms with Gasteiger partial charge in [-0.1, -0.05) is 6.07 Å². The van der Waals surface area contributed by atoms with E-state index in [1.165, 1.54) is 21.9 Å². The fraction of sp³-hybridized carbons (Fsp3) is 0.200. The first kappa shape index (κ1) is 18.9. The highest BCUT2D eigenvalue weighted by atomic mass is 32.1. The summed E-state index contributed by atoms with van der Waals surface area (Å²) in [4.78, 5) is 33.7. The van der Waals surface area contributed by atoms with Gasteiger partial charge in [0.15, 0.2) is 0 Å². The number of fused-ring (bicyclic) bond motifs is 1. The van der Waals surface area contributed by atoms with Gasteiger partial charge in [-0.15, -0.1) is 11.3 Å². The third-order valence-corrected chi connectivity index (χ3v) is 5.10. The number of amides is 1. The van der Waals surface area contributed by atoms with Crippen molar-refractivity contribution in [1.29, 1.82) is 0 Å². The van der Waals surface area contributed by atoms with E-state index in [1.54, 1.807) is 41.3 Å². The average Bonchev–Trinajstić information content (AvgIpc) is 3.37. The van der Waals surface area contributed by atoms with E-state index in [1.807, 2.05) is 25.3 Å². The topological polar surface area (TPSA) is 90.5 Å². The van der Waals surface area contributed by atoms with E-state index in [9.17, 15) is 9.59 Å². The Morgan fingerprint density at radius 1 is 1.24 bits per heavy atom. The maximum Gasteiger partial charge on any atom is 0.274 e. The molecule has 0 aliphatic carbocycles. The van der Waals surface area contributed by atoms with Gasteiger partial charge in [0.25, 0.3) is 17.2 Å². The Balaban J connectivity index is 1.42. The molecule has 0 fully saturated rings. The number of carbonyl (C=O) groups excluding carboxylic acids is 1. The molecule has 0 atom stereocenters. The van der Waals surface area contributed by atoms with Gasteiger partial charge in [-0.2, -0.15) is 9.50 Å².